The van der Waals surface area contributed by atoms with Gasteiger partial charge in [-0.25, -0.2) is 0 Å². The summed E-state index contributed by atoms with van der Waals surface area (Å²) in [5, 5.41) is 10.5. The summed E-state index contributed by atoms with van der Waals surface area (Å²) in [6.45, 7) is 0.375. The van der Waals surface area contributed by atoms with Crippen molar-refractivity contribution < 1.29 is 9.90 Å². The number of aliphatic hydroxyl groups excluding tert-OH is 1. The van der Waals surface area contributed by atoms with E-state index < -0.39 is 6.23 Å². The Morgan fingerprint density at radius 1 is 0.792 bits per heavy atom. The molecular weight excluding hydrogens is 298 g/mol. The summed E-state index contributed by atoms with van der Waals surface area (Å²) in [6, 6.07) is 25.3. The van der Waals surface area contributed by atoms with Crippen LogP contribution < -0.4 is 0 Å². The van der Waals surface area contributed by atoms with Gasteiger partial charge in [-0.15, -0.1) is 0 Å². The Morgan fingerprint density at radius 3 is 2.17 bits per heavy atom. The number of aliphatic hydroxyl groups is 1. The van der Waals surface area contributed by atoms with Crippen molar-refractivity contribution in [2.75, 3.05) is 0 Å². The maximum atomic E-state index is 12.6. The van der Waals surface area contributed by atoms with Crippen LogP contribution in [0.25, 0.3) is 11.1 Å². The Hall–Kier alpha value is -2.91. The molecule has 0 saturated heterocycles. The van der Waals surface area contributed by atoms with Crippen LogP contribution in [0.4, 0.5) is 0 Å². The van der Waals surface area contributed by atoms with Crippen LogP contribution in [0.15, 0.2) is 78.9 Å². The molecule has 3 aromatic carbocycles. The van der Waals surface area contributed by atoms with Crippen LogP contribution in [0.1, 0.15) is 27.7 Å². The molecule has 1 aliphatic heterocycles. The van der Waals surface area contributed by atoms with Crippen LogP contribution in [0.2, 0.25) is 0 Å². The van der Waals surface area contributed by atoms with Crippen LogP contribution in [0.5, 0.6) is 0 Å². The van der Waals surface area contributed by atoms with Crippen molar-refractivity contribution >= 4 is 5.91 Å². The molecule has 1 aliphatic rings. The van der Waals surface area contributed by atoms with Crippen molar-refractivity contribution in [3.05, 3.63) is 95.6 Å². The molecule has 0 aliphatic carbocycles. The minimum atomic E-state index is -0.891. The average molecular weight is 315 g/mol. The summed E-state index contributed by atoms with van der Waals surface area (Å²) in [5.41, 5.74) is 4.46. The number of hydrogen-bond acceptors (Lipinski definition) is 2. The van der Waals surface area contributed by atoms with Crippen LogP contribution in [0.3, 0.4) is 0 Å². The molecule has 3 nitrogen and oxygen atoms in total. The molecule has 4 rings (SSSR count). The molecule has 118 valence electrons. The third kappa shape index (κ3) is 2.39. The fourth-order valence-electron chi connectivity index (χ4n) is 3.25. The molecular formula is C21H17NO2. The molecule has 0 saturated carbocycles. The summed E-state index contributed by atoms with van der Waals surface area (Å²) in [5.74, 6) is -0.124. The van der Waals surface area contributed by atoms with Crippen molar-refractivity contribution in [3.8, 4) is 11.1 Å². The molecule has 1 unspecified atom stereocenters. The van der Waals surface area contributed by atoms with Gasteiger partial charge in [-0.3, -0.25) is 4.79 Å². The Morgan fingerprint density at radius 2 is 1.42 bits per heavy atom. The lowest BCUT2D eigenvalue weighted by atomic mass is 9.99. The molecule has 0 fully saturated rings. The minimum Gasteiger partial charge on any atom is -0.369 e. The second-order valence-electron chi connectivity index (χ2n) is 5.92. The second-order valence-corrected chi connectivity index (χ2v) is 5.92. The zero-order chi connectivity index (χ0) is 16.5. The number of carbonyl (C=O) groups is 1. The molecule has 3 heteroatoms. The van der Waals surface area contributed by atoms with Crippen LogP contribution in [-0.4, -0.2) is 15.9 Å². The predicted molar refractivity (Wildman–Crippen MR) is 93.2 cm³/mol. The number of fused-ring (bicyclic) bond motifs is 1. The number of amides is 1. The van der Waals surface area contributed by atoms with Gasteiger partial charge in [0.05, 0.1) is 0 Å². The van der Waals surface area contributed by atoms with Gasteiger partial charge in [0.15, 0.2) is 6.23 Å². The maximum absolute atomic E-state index is 12.6. The first-order valence-corrected chi connectivity index (χ1v) is 7.97. The summed E-state index contributed by atoms with van der Waals surface area (Å²) in [6.07, 6.45) is -0.891. The first-order valence-electron chi connectivity index (χ1n) is 7.97. The number of benzene rings is 3. The van der Waals surface area contributed by atoms with Gasteiger partial charge >= 0.3 is 0 Å². The van der Waals surface area contributed by atoms with E-state index in [0.29, 0.717) is 17.7 Å². The van der Waals surface area contributed by atoms with Crippen LogP contribution in [0, 0.1) is 0 Å². The quantitative estimate of drug-likeness (QED) is 0.793. The largest absolute Gasteiger partial charge is 0.369 e. The van der Waals surface area contributed by atoms with Crippen molar-refractivity contribution in [1.29, 1.82) is 0 Å². The standard InChI is InChI=1S/C21H17NO2/c23-20-18-12-6-7-13-19(18)21(24)22(20)14-16-10-4-5-11-17(16)15-8-2-1-3-9-15/h1-13,20,23H,14H2. The predicted octanol–water partition coefficient (Wildman–Crippen LogP) is 4.00. The first kappa shape index (κ1) is 14.7. The number of rotatable bonds is 3. The topological polar surface area (TPSA) is 40.5 Å². The molecule has 0 aromatic heterocycles. The summed E-state index contributed by atoms with van der Waals surface area (Å²) in [7, 11) is 0. The van der Waals surface area contributed by atoms with Crippen LogP contribution >= 0.6 is 0 Å². The third-order valence-corrected chi connectivity index (χ3v) is 4.47. The van der Waals surface area contributed by atoms with E-state index in [0.717, 1.165) is 16.7 Å². The Kier molecular flexibility index (Phi) is 3.63. The van der Waals surface area contributed by atoms with Crippen molar-refractivity contribution in [1.82, 2.24) is 4.90 Å². The Balaban J connectivity index is 1.70. The normalized spacial score (nSPS) is 16.3. The number of carbonyl (C=O) groups excluding carboxylic acids is 1. The molecule has 0 spiro atoms. The van der Waals surface area contributed by atoms with Gasteiger partial charge < -0.3 is 10.0 Å². The van der Waals surface area contributed by atoms with Crippen molar-refractivity contribution in [3.63, 3.8) is 0 Å². The highest BCUT2D eigenvalue weighted by Gasteiger charge is 2.35. The van der Waals surface area contributed by atoms with Gasteiger partial charge in [-0.2, -0.15) is 0 Å². The molecule has 24 heavy (non-hydrogen) atoms. The molecule has 1 heterocycles. The molecule has 3 aromatic rings. The van der Waals surface area contributed by atoms with Gasteiger partial charge in [-0.1, -0.05) is 72.8 Å². The lowest BCUT2D eigenvalue weighted by molar-refractivity contribution is 0.0138. The van der Waals surface area contributed by atoms with Crippen molar-refractivity contribution in [2.45, 2.75) is 12.8 Å². The molecule has 1 atom stereocenters. The maximum Gasteiger partial charge on any atom is 0.256 e. The lowest BCUT2D eigenvalue weighted by Gasteiger charge is -2.22. The van der Waals surface area contributed by atoms with E-state index in [1.807, 2.05) is 54.6 Å². The van der Waals surface area contributed by atoms with E-state index >= 15 is 0 Å². The van der Waals surface area contributed by atoms with E-state index in [-0.39, 0.29) is 5.91 Å². The minimum absolute atomic E-state index is 0.124. The second kappa shape index (κ2) is 5.95. The van der Waals surface area contributed by atoms with Gasteiger partial charge in [0.1, 0.15) is 0 Å². The third-order valence-electron chi connectivity index (χ3n) is 4.47. The smallest absolute Gasteiger partial charge is 0.256 e. The highest BCUT2D eigenvalue weighted by atomic mass is 16.3. The van der Waals surface area contributed by atoms with E-state index in [1.165, 1.54) is 4.90 Å². The summed E-state index contributed by atoms with van der Waals surface area (Å²) < 4.78 is 0. The van der Waals surface area contributed by atoms with E-state index in [2.05, 4.69) is 12.1 Å². The van der Waals surface area contributed by atoms with E-state index in [1.54, 1.807) is 12.1 Å². The zero-order valence-electron chi connectivity index (χ0n) is 13.1. The van der Waals surface area contributed by atoms with Gasteiger partial charge in [-0.05, 0) is 22.8 Å². The van der Waals surface area contributed by atoms with Gasteiger partial charge in [0.25, 0.3) is 5.91 Å². The molecule has 0 radical (unpaired) electrons. The zero-order valence-corrected chi connectivity index (χ0v) is 13.1. The number of nitrogens with zero attached hydrogens (tertiary/aromatic N) is 1. The van der Waals surface area contributed by atoms with E-state index in [4.69, 9.17) is 0 Å². The van der Waals surface area contributed by atoms with Gasteiger partial charge in [0.2, 0.25) is 0 Å². The fraction of sp³-hybridized carbons (Fsp3) is 0.0952. The summed E-state index contributed by atoms with van der Waals surface area (Å²) in [4.78, 5) is 14.1. The highest BCUT2D eigenvalue weighted by molar-refractivity contribution is 5.98. The summed E-state index contributed by atoms with van der Waals surface area (Å²) >= 11 is 0. The molecule has 1 amide bonds. The fourth-order valence-corrected chi connectivity index (χ4v) is 3.25. The average Bonchev–Trinajstić information content (AvgIpc) is 2.88. The Bertz CT molecular complexity index is 889. The SMILES string of the molecule is O=C1c2ccccc2C(O)N1Cc1ccccc1-c1ccccc1. The first-order chi connectivity index (χ1) is 11.8. The monoisotopic (exact) mass is 315 g/mol. The molecule has 1 N–H and O–H groups in total. The highest BCUT2D eigenvalue weighted by Crippen LogP contribution is 2.34. The lowest BCUT2D eigenvalue weighted by Crippen LogP contribution is -2.27. The number of hydrogen-bond donors (Lipinski definition) is 1. The van der Waals surface area contributed by atoms with E-state index in [9.17, 15) is 9.90 Å². The Labute approximate surface area is 140 Å². The van der Waals surface area contributed by atoms with Crippen LogP contribution in [-0.2, 0) is 6.54 Å². The van der Waals surface area contributed by atoms with Gasteiger partial charge in [0, 0.05) is 17.7 Å². The van der Waals surface area contributed by atoms with Crippen molar-refractivity contribution in [2.24, 2.45) is 0 Å². The molecule has 0 bridgehead atoms.